The largest absolute Gasteiger partial charge is 0.271 e. The van der Waals surface area contributed by atoms with Gasteiger partial charge in [-0.05, 0) is 52.8 Å². The van der Waals surface area contributed by atoms with E-state index in [-0.39, 0.29) is 6.04 Å². The van der Waals surface area contributed by atoms with Gasteiger partial charge < -0.3 is 0 Å². The third-order valence-electron chi connectivity index (χ3n) is 3.38. The number of halogens is 2. The van der Waals surface area contributed by atoms with Gasteiger partial charge in [0.15, 0.2) is 0 Å². The van der Waals surface area contributed by atoms with Gasteiger partial charge in [-0.25, -0.2) is 0 Å². The Bertz CT molecular complexity index is 371. The van der Waals surface area contributed by atoms with E-state index in [0.29, 0.717) is 0 Å². The van der Waals surface area contributed by atoms with E-state index in [2.05, 4.69) is 69.1 Å². The predicted molar refractivity (Wildman–Crippen MR) is 94.9 cm³/mol. The molecule has 19 heavy (non-hydrogen) atoms. The van der Waals surface area contributed by atoms with E-state index >= 15 is 0 Å². The van der Waals surface area contributed by atoms with Gasteiger partial charge in [0, 0.05) is 14.1 Å². The predicted octanol–water partition coefficient (Wildman–Crippen LogP) is 5.31. The van der Waals surface area contributed by atoms with Crippen LogP contribution >= 0.6 is 38.5 Å². The van der Waals surface area contributed by atoms with Crippen molar-refractivity contribution >= 4 is 38.5 Å². The second-order valence-corrected chi connectivity index (χ2v) is 7.02. The van der Waals surface area contributed by atoms with Crippen molar-refractivity contribution in [2.45, 2.75) is 57.9 Å². The highest BCUT2D eigenvalue weighted by Crippen LogP contribution is 2.27. The lowest BCUT2D eigenvalue weighted by atomic mass is 10.0. The highest BCUT2D eigenvalue weighted by molar-refractivity contribution is 14.1. The van der Waals surface area contributed by atoms with E-state index in [9.17, 15) is 0 Å². The van der Waals surface area contributed by atoms with Crippen molar-refractivity contribution in [3.8, 4) is 0 Å². The summed E-state index contributed by atoms with van der Waals surface area (Å²) in [6, 6.07) is 6.63. The van der Waals surface area contributed by atoms with E-state index in [0.717, 1.165) is 10.9 Å². The molecule has 0 aliphatic carbocycles. The molecule has 1 rings (SSSR count). The van der Waals surface area contributed by atoms with Crippen LogP contribution in [-0.2, 0) is 0 Å². The molecule has 0 aliphatic heterocycles. The van der Waals surface area contributed by atoms with E-state index in [1.807, 2.05) is 0 Å². The van der Waals surface area contributed by atoms with Crippen molar-refractivity contribution < 1.29 is 0 Å². The quantitative estimate of drug-likeness (QED) is 0.237. The van der Waals surface area contributed by atoms with Crippen LogP contribution < -0.4 is 11.3 Å². The first-order valence-electron chi connectivity index (χ1n) is 7.10. The summed E-state index contributed by atoms with van der Waals surface area (Å²) in [5.41, 5.74) is 4.26. The Hall–Kier alpha value is 0.350. The summed E-state index contributed by atoms with van der Waals surface area (Å²) in [6.45, 7) is 2.25. The monoisotopic (exact) mass is 438 g/mol. The van der Waals surface area contributed by atoms with Gasteiger partial charge in [-0.2, -0.15) is 0 Å². The molecule has 0 radical (unpaired) electrons. The second-order valence-electron chi connectivity index (χ2n) is 4.94. The molecule has 0 amide bonds. The van der Waals surface area contributed by atoms with Crippen molar-refractivity contribution in [3.63, 3.8) is 0 Å². The minimum Gasteiger partial charge on any atom is -0.271 e. The molecule has 0 fully saturated rings. The van der Waals surface area contributed by atoms with E-state index < -0.39 is 0 Å². The second kappa shape index (κ2) is 10.1. The Morgan fingerprint density at radius 1 is 1.21 bits per heavy atom. The fraction of sp³-hybridized carbons (Fsp3) is 0.600. The van der Waals surface area contributed by atoms with E-state index in [1.54, 1.807) is 0 Å². The van der Waals surface area contributed by atoms with Crippen molar-refractivity contribution in [2.24, 2.45) is 5.84 Å². The molecule has 2 nitrogen and oxygen atoms in total. The van der Waals surface area contributed by atoms with Crippen LogP contribution in [0.2, 0.25) is 0 Å². The first-order valence-corrected chi connectivity index (χ1v) is 8.97. The normalized spacial score (nSPS) is 12.6. The summed E-state index contributed by atoms with van der Waals surface area (Å²) in [6.07, 6.45) is 9.04. The average Bonchev–Trinajstić information content (AvgIpc) is 2.41. The van der Waals surface area contributed by atoms with Crippen LogP contribution in [0.25, 0.3) is 0 Å². The Kier molecular flexibility index (Phi) is 9.28. The first kappa shape index (κ1) is 17.4. The fourth-order valence-corrected chi connectivity index (χ4v) is 3.33. The SMILES string of the molecule is CCCCCCCCC(NN)c1cc(Br)ccc1I. The molecule has 0 bridgehead atoms. The Labute approximate surface area is 139 Å². The van der Waals surface area contributed by atoms with E-state index in [1.165, 1.54) is 47.7 Å². The van der Waals surface area contributed by atoms with Crippen LogP contribution in [0.15, 0.2) is 22.7 Å². The number of hydrogen-bond acceptors (Lipinski definition) is 2. The van der Waals surface area contributed by atoms with Gasteiger partial charge in [0.1, 0.15) is 0 Å². The number of rotatable bonds is 9. The van der Waals surface area contributed by atoms with Gasteiger partial charge in [-0.1, -0.05) is 61.4 Å². The standard InChI is InChI=1S/C15H24BrIN2/c1-2-3-4-5-6-7-8-15(19-18)13-11-12(16)9-10-14(13)17/h9-11,15,19H,2-8,18H2,1H3. The maximum atomic E-state index is 5.72. The van der Waals surface area contributed by atoms with Crippen molar-refractivity contribution in [1.82, 2.24) is 5.43 Å². The Balaban J connectivity index is 2.42. The lowest BCUT2D eigenvalue weighted by molar-refractivity contribution is 0.475. The van der Waals surface area contributed by atoms with Gasteiger partial charge in [0.25, 0.3) is 0 Å². The van der Waals surface area contributed by atoms with Crippen LogP contribution in [0.3, 0.4) is 0 Å². The number of unbranched alkanes of at least 4 members (excludes halogenated alkanes) is 5. The molecule has 0 saturated heterocycles. The van der Waals surface area contributed by atoms with Crippen LogP contribution in [0.5, 0.6) is 0 Å². The lowest BCUT2D eigenvalue weighted by Gasteiger charge is -2.18. The number of hydrogen-bond donors (Lipinski definition) is 2. The summed E-state index contributed by atoms with van der Waals surface area (Å²) in [4.78, 5) is 0. The van der Waals surface area contributed by atoms with Gasteiger partial charge >= 0.3 is 0 Å². The number of nitrogens with one attached hydrogen (secondary N) is 1. The van der Waals surface area contributed by atoms with Crippen LogP contribution in [0, 0.1) is 3.57 Å². The molecule has 1 aromatic rings. The minimum absolute atomic E-state index is 0.260. The smallest absolute Gasteiger partial charge is 0.0470 e. The topological polar surface area (TPSA) is 38.0 Å². The van der Waals surface area contributed by atoms with Crippen molar-refractivity contribution in [2.75, 3.05) is 0 Å². The summed E-state index contributed by atoms with van der Waals surface area (Å²) in [5, 5.41) is 0. The zero-order valence-electron chi connectivity index (χ0n) is 11.6. The number of hydrazine groups is 1. The molecule has 1 aromatic carbocycles. The fourth-order valence-electron chi connectivity index (χ4n) is 2.24. The van der Waals surface area contributed by atoms with Gasteiger partial charge in [0.05, 0.1) is 0 Å². The third kappa shape index (κ3) is 6.56. The van der Waals surface area contributed by atoms with Gasteiger partial charge in [-0.15, -0.1) is 0 Å². The number of benzene rings is 1. The maximum Gasteiger partial charge on any atom is 0.0470 e. The van der Waals surface area contributed by atoms with Crippen molar-refractivity contribution in [1.29, 1.82) is 0 Å². The zero-order valence-corrected chi connectivity index (χ0v) is 15.3. The van der Waals surface area contributed by atoms with Gasteiger partial charge in [0.2, 0.25) is 0 Å². The minimum atomic E-state index is 0.260. The molecule has 0 aliphatic rings. The maximum absolute atomic E-state index is 5.72. The highest BCUT2D eigenvalue weighted by atomic mass is 127. The Morgan fingerprint density at radius 3 is 2.58 bits per heavy atom. The lowest BCUT2D eigenvalue weighted by Crippen LogP contribution is -2.28. The summed E-state index contributed by atoms with van der Waals surface area (Å²) < 4.78 is 2.39. The zero-order chi connectivity index (χ0) is 14.1. The van der Waals surface area contributed by atoms with Gasteiger partial charge in [-0.3, -0.25) is 11.3 Å². The molecule has 0 saturated carbocycles. The van der Waals surface area contributed by atoms with Crippen LogP contribution in [-0.4, -0.2) is 0 Å². The molecule has 0 heterocycles. The van der Waals surface area contributed by atoms with Crippen LogP contribution in [0.1, 0.15) is 63.5 Å². The summed E-state index contributed by atoms with van der Waals surface area (Å²) >= 11 is 5.91. The average molecular weight is 439 g/mol. The summed E-state index contributed by atoms with van der Waals surface area (Å²) in [7, 11) is 0. The molecule has 3 N–H and O–H groups in total. The molecule has 1 atom stereocenters. The highest BCUT2D eigenvalue weighted by Gasteiger charge is 2.12. The Morgan fingerprint density at radius 2 is 1.89 bits per heavy atom. The molecule has 108 valence electrons. The molecular formula is C15H24BrIN2. The molecule has 0 spiro atoms. The molecule has 4 heteroatoms. The number of nitrogens with two attached hydrogens (primary N) is 1. The van der Waals surface area contributed by atoms with E-state index in [4.69, 9.17) is 5.84 Å². The molecule has 0 aromatic heterocycles. The first-order chi connectivity index (χ1) is 9.19. The van der Waals surface area contributed by atoms with Crippen molar-refractivity contribution in [3.05, 3.63) is 31.8 Å². The molecule has 1 unspecified atom stereocenters. The third-order valence-corrected chi connectivity index (χ3v) is 4.86. The summed E-state index contributed by atoms with van der Waals surface area (Å²) in [5.74, 6) is 5.72. The van der Waals surface area contributed by atoms with Crippen LogP contribution in [0.4, 0.5) is 0 Å². The molecular weight excluding hydrogens is 415 g/mol.